The van der Waals surface area contributed by atoms with Gasteiger partial charge in [-0.1, -0.05) is 19.1 Å². The van der Waals surface area contributed by atoms with E-state index in [4.69, 9.17) is 9.47 Å². The third-order valence-corrected chi connectivity index (χ3v) is 4.28. The maximum atomic E-state index is 12.4. The lowest BCUT2D eigenvalue weighted by Gasteiger charge is -2.12. The Morgan fingerprint density at radius 3 is 2.64 bits per heavy atom. The van der Waals surface area contributed by atoms with Crippen LogP contribution >= 0.6 is 0 Å². The lowest BCUT2D eigenvalue weighted by molar-refractivity contribution is -0.118. The Hall–Kier alpha value is -3.35. The summed E-state index contributed by atoms with van der Waals surface area (Å²) >= 11 is 0. The molecule has 3 aromatic rings. The summed E-state index contributed by atoms with van der Waals surface area (Å²) in [4.78, 5) is 28.4. The maximum absolute atomic E-state index is 12.4. The highest BCUT2D eigenvalue weighted by Gasteiger charge is 2.14. The van der Waals surface area contributed by atoms with Crippen molar-refractivity contribution in [2.75, 3.05) is 19.0 Å². The van der Waals surface area contributed by atoms with Gasteiger partial charge < -0.3 is 14.0 Å². The molecule has 0 aliphatic rings. The van der Waals surface area contributed by atoms with Crippen molar-refractivity contribution < 1.29 is 19.1 Å². The van der Waals surface area contributed by atoms with Crippen molar-refractivity contribution in [3.8, 4) is 11.5 Å². The minimum absolute atomic E-state index is 0.0718. The van der Waals surface area contributed by atoms with E-state index in [-0.39, 0.29) is 18.3 Å². The molecule has 0 aliphatic carbocycles. The van der Waals surface area contributed by atoms with E-state index in [1.165, 1.54) is 14.0 Å². The van der Waals surface area contributed by atoms with Gasteiger partial charge in [0.15, 0.2) is 23.9 Å². The Kier molecular flexibility index (Phi) is 5.93. The van der Waals surface area contributed by atoms with Crippen molar-refractivity contribution in [3.63, 3.8) is 0 Å². The molecular weight excluding hydrogens is 358 g/mol. The predicted molar refractivity (Wildman–Crippen MR) is 107 cm³/mol. The predicted octanol–water partition coefficient (Wildman–Crippen LogP) is 3.68. The molecule has 2 aromatic carbocycles. The molecular formula is C21H23N3O4. The van der Waals surface area contributed by atoms with Gasteiger partial charge in [-0.2, -0.15) is 0 Å². The smallest absolute Gasteiger partial charge is 0.264 e. The quantitative estimate of drug-likeness (QED) is 0.602. The highest BCUT2D eigenvalue weighted by atomic mass is 16.5. The van der Waals surface area contributed by atoms with Crippen LogP contribution in [0.2, 0.25) is 0 Å². The monoisotopic (exact) mass is 381 g/mol. The number of carbonyl (C=O) groups is 2. The zero-order chi connectivity index (χ0) is 20.1. The van der Waals surface area contributed by atoms with Crippen molar-refractivity contribution in [2.24, 2.45) is 0 Å². The molecule has 1 N–H and O–H groups in total. The topological polar surface area (TPSA) is 82.5 Å². The number of rotatable bonds is 8. The van der Waals surface area contributed by atoms with Crippen LogP contribution in [0.25, 0.3) is 11.0 Å². The second kappa shape index (κ2) is 8.56. The number of aromatic nitrogens is 2. The van der Waals surface area contributed by atoms with Gasteiger partial charge in [0.25, 0.3) is 5.91 Å². The van der Waals surface area contributed by atoms with Gasteiger partial charge >= 0.3 is 0 Å². The SMILES string of the molecule is CCCn1c(NC(=O)COc2ccc(C(C)=O)cc2OC)nc2ccccc21. The second-order valence-corrected chi connectivity index (χ2v) is 6.33. The number of hydrogen-bond donors (Lipinski definition) is 1. The number of nitrogens with zero attached hydrogens (tertiary/aromatic N) is 2. The van der Waals surface area contributed by atoms with Gasteiger partial charge in [0.05, 0.1) is 18.1 Å². The van der Waals surface area contributed by atoms with Gasteiger partial charge in [0, 0.05) is 12.1 Å². The highest BCUT2D eigenvalue weighted by Crippen LogP contribution is 2.28. The fraction of sp³-hybridized carbons (Fsp3) is 0.286. The standard InChI is InChI=1S/C21H23N3O4/c1-4-11-24-17-8-6-5-7-16(17)22-21(24)23-20(26)13-28-18-10-9-15(14(2)25)12-19(18)27-3/h5-10,12H,4,11,13H2,1-3H3,(H,22,23,26). The van der Waals surface area contributed by atoms with Gasteiger partial charge in [-0.3, -0.25) is 14.9 Å². The van der Waals surface area contributed by atoms with Crippen molar-refractivity contribution in [1.29, 1.82) is 0 Å². The summed E-state index contributed by atoms with van der Waals surface area (Å²) in [5.41, 5.74) is 2.32. The van der Waals surface area contributed by atoms with Gasteiger partial charge in [-0.25, -0.2) is 4.98 Å². The van der Waals surface area contributed by atoms with E-state index in [1.807, 2.05) is 28.8 Å². The van der Waals surface area contributed by atoms with E-state index in [2.05, 4.69) is 17.2 Å². The molecule has 0 spiro atoms. The van der Waals surface area contributed by atoms with Gasteiger partial charge in [-0.15, -0.1) is 0 Å². The van der Waals surface area contributed by atoms with E-state index < -0.39 is 0 Å². The van der Waals surface area contributed by atoms with E-state index >= 15 is 0 Å². The van der Waals surface area contributed by atoms with Crippen LogP contribution in [0.15, 0.2) is 42.5 Å². The Bertz CT molecular complexity index is 1010. The first-order valence-corrected chi connectivity index (χ1v) is 9.10. The van der Waals surface area contributed by atoms with E-state index in [9.17, 15) is 9.59 Å². The molecule has 28 heavy (non-hydrogen) atoms. The van der Waals surface area contributed by atoms with E-state index in [1.54, 1.807) is 18.2 Å². The zero-order valence-electron chi connectivity index (χ0n) is 16.2. The number of anilines is 1. The lowest BCUT2D eigenvalue weighted by atomic mass is 10.1. The molecule has 0 saturated carbocycles. The Morgan fingerprint density at radius 2 is 1.93 bits per heavy atom. The number of imidazole rings is 1. The number of benzene rings is 2. The number of Topliss-reactive ketones (excluding diaryl/α,β-unsaturated/α-hetero) is 1. The molecule has 0 aliphatic heterocycles. The van der Waals surface area contributed by atoms with Crippen LogP contribution < -0.4 is 14.8 Å². The van der Waals surface area contributed by atoms with E-state index in [0.717, 1.165) is 24.0 Å². The summed E-state index contributed by atoms with van der Waals surface area (Å²) in [7, 11) is 1.49. The minimum Gasteiger partial charge on any atom is -0.493 e. The van der Waals surface area contributed by atoms with Gasteiger partial charge in [0.2, 0.25) is 5.95 Å². The van der Waals surface area contributed by atoms with Crippen LogP contribution in [-0.2, 0) is 11.3 Å². The molecule has 1 heterocycles. The van der Waals surface area contributed by atoms with Crippen LogP contribution in [0, 0.1) is 0 Å². The van der Waals surface area contributed by atoms with Gasteiger partial charge in [-0.05, 0) is 43.7 Å². The zero-order valence-corrected chi connectivity index (χ0v) is 16.2. The van der Waals surface area contributed by atoms with Crippen LogP contribution in [-0.4, -0.2) is 35.0 Å². The normalized spacial score (nSPS) is 10.7. The molecule has 0 radical (unpaired) electrons. The number of ketones is 1. The Labute approximate surface area is 163 Å². The molecule has 0 unspecified atom stereocenters. The van der Waals surface area contributed by atoms with Gasteiger partial charge in [0.1, 0.15) is 0 Å². The van der Waals surface area contributed by atoms with Crippen LogP contribution in [0.5, 0.6) is 11.5 Å². The Balaban J connectivity index is 1.72. The van der Waals surface area contributed by atoms with Crippen molar-refractivity contribution in [1.82, 2.24) is 9.55 Å². The summed E-state index contributed by atoms with van der Waals surface area (Å²) in [6, 6.07) is 12.6. The molecule has 0 fully saturated rings. The number of nitrogens with one attached hydrogen (secondary N) is 1. The number of aryl methyl sites for hydroxylation is 1. The number of carbonyl (C=O) groups excluding carboxylic acids is 2. The fourth-order valence-corrected chi connectivity index (χ4v) is 2.93. The summed E-state index contributed by atoms with van der Waals surface area (Å²) in [6.07, 6.45) is 0.916. The largest absolute Gasteiger partial charge is 0.493 e. The summed E-state index contributed by atoms with van der Waals surface area (Å²) in [5, 5.41) is 2.82. The number of fused-ring (bicyclic) bond motifs is 1. The van der Waals surface area contributed by atoms with E-state index in [0.29, 0.717) is 23.0 Å². The number of amides is 1. The van der Waals surface area contributed by atoms with Crippen LogP contribution in [0.1, 0.15) is 30.6 Å². The lowest BCUT2D eigenvalue weighted by Crippen LogP contribution is -2.22. The molecule has 1 amide bonds. The summed E-state index contributed by atoms with van der Waals surface area (Å²) in [6.45, 7) is 4.09. The average molecular weight is 381 g/mol. The number of methoxy groups -OCH3 is 1. The fourth-order valence-electron chi connectivity index (χ4n) is 2.93. The molecule has 0 atom stereocenters. The summed E-state index contributed by atoms with van der Waals surface area (Å²) in [5.74, 6) is 0.891. The highest BCUT2D eigenvalue weighted by molar-refractivity contribution is 5.95. The summed E-state index contributed by atoms with van der Waals surface area (Å²) < 4.78 is 12.8. The van der Waals surface area contributed by atoms with Crippen LogP contribution in [0.4, 0.5) is 5.95 Å². The number of para-hydroxylation sites is 2. The molecule has 7 nitrogen and oxygen atoms in total. The molecule has 7 heteroatoms. The first kappa shape index (κ1) is 19.4. The first-order chi connectivity index (χ1) is 13.5. The molecule has 0 bridgehead atoms. The third kappa shape index (κ3) is 4.14. The van der Waals surface area contributed by atoms with Crippen molar-refractivity contribution in [2.45, 2.75) is 26.8 Å². The molecule has 0 saturated heterocycles. The number of hydrogen-bond acceptors (Lipinski definition) is 5. The minimum atomic E-state index is -0.328. The Morgan fingerprint density at radius 1 is 1.14 bits per heavy atom. The molecule has 3 rings (SSSR count). The molecule has 146 valence electrons. The molecule has 1 aromatic heterocycles. The maximum Gasteiger partial charge on any atom is 0.264 e. The first-order valence-electron chi connectivity index (χ1n) is 9.10. The van der Waals surface area contributed by atoms with Crippen LogP contribution in [0.3, 0.4) is 0 Å². The second-order valence-electron chi connectivity index (χ2n) is 6.33. The third-order valence-electron chi connectivity index (χ3n) is 4.28. The number of ether oxygens (including phenoxy) is 2. The van der Waals surface area contributed by atoms with Crippen molar-refractivity contribution in [3.05, 3.63) is 48.0 Å². The average Bonchev–Trinajstić information content (AvgIpc) is 3.03. The van der Waals surface area contributed by atoms with Crippen molar-refractivity contribution >= 4 is 28.7 Å².